The van der Waals surface area contributed by atoms with E-state index in [4.69, 9.17) is 10.5 Å². The molecule has 2 rings (SSSR count). The first-order valence-electron chi connectivity index (χ1n) is 6.28. The van der Waals surface area contributed by atoms with E-state index in [-0.39, 0.29) is 5.91 Å². The Kier molecular flexibility index (Phi) is 3.30. The summed E-state index contributed by atoms with van der Waals surface area (Å²) in [4.78, 5) is 11.7. The van der Waals surface area contributed by atoms with Crippen molar-refractivity contribution in [1.29, 1.82) is 0 Å². The highest BCUT2D eigenvalue weighted by molar-refractivity contribution is 6.00. The van der Waals surface area contributed by atoms with Crippen molar-refractivity contribution < 1.29 is 9.53 Å². The van der Waals surface area contributed by atoms with E-state index >= 15 is 0 Å². The van der Waals surface area contributed by atoms with E-state index in [9.17, 15) is 4.79 Å². The number of ether oxygens (including phenoxy) is 1. The fraction of sp³-hybridized carbons (Fsp3) is 0.500. The van der Waals surface area contributed by atoms with Crippen LogP contribution in [0, 0.1) is 0 Å². The van der Waals surface area contributed by atoms with Crippen molar-refractivity contribution in [2.24, 2.45) is 5.73 Å². The monoisotopic (exact) mass is 248 g/mol. The summed E-state index contributed by atoms with van der Waals surface area (Å²) in [5.41, 5.74) is 6.69. The number of fused-ring (bicyclic) bond motifs is 1. The van der Waals surface area contributed by atoms with E-state index in [2.05, 4.69) is 12.2 Å². The zero-order valence-corrected chi connectivity index (χ0v) is 11.1. The van der Waals surface area contributed by atoms with Crippen LogP contribution in [-0.4, -0.2) is 18.1 Å². The van der Waals surface area contributed by atoms with Crippen molar-refractivity contribution >= 4 is 11.6 Å². The molecule has 0 aliphatic carbocycles. The summed E-state index contributed by atoms with van der Waals surface area (Å²) >= 11 is 0. The highest BCUT2D eigenvalue weighted by Crippen LogP contribution is 2.36. The molecule has 1 aromatic carbocycles. The average Bonchev–Trinajstić information content (AvgIpc) is 2.30. The van der Waals surface area contributed by atoms with Crippen LogP contribution in [0.3, 0.4) is 0 Å². The molecule has 0 spiro atoms. The number of amides is 1. The van der Waals surface area contributed by atoms with Gasteiger partial charge in [-0.25, -0.2) is 0 Å². The second kappa shape index (κ2) is 4.61. The van der Waals surface area contributed by atoms with Crippen LogP contribution in [0.5, 0.6) is 5.75 Å². The first-order chi connectivity index (χ1) is 8.44. The topological polar surface area (TPSA) is 64.3 Å². The molecule has 1 aliphatic heterocycles. The van der Waals surface area contributed by atoms with E-state index in [1.54, 1.807) is 13.8 Å². The van der Waals surface area contributed by atoms with Crippen LogP contribution in [0.15, 0.2) is 18.2 Å². The first kappa shape index (κ1) is 12.9. The Hall–Kier alpha value is -1.55. The predicted molar refractivity (Wildman–Crippen MR) is 71.9 cm³/mol. The fourth-order valence-electron chi connectivity index (χ4n) is 2.04. The van der Waals surface area contributed by atoms with Gasteiger partial charge in [0.15, 0.2) is 5.60 Å². The van der Waals surface area contributed by atoms with Crippen LogP contribution in [0.1, 0.15) is 38.7 Å². The SMILES string of the molecule is CC(CCN)c1ccc2c(c1)OC(C)(C)C(=O)N2. The molecular formula is C14H20N2O2. The molecule has 4 heteroatoms. The van der Waals surface area contributed by atoms with Gasteiger partial charge in [-0.1, -0.05) is 13.0 Å². The summed E-state index contributed by atoms with van der Waals surface area (Å²) in [6.07, 6.45) is 0.939. The molecule has 0 radical (unpaired) electrons. The highest BCUT2D eigenvalue weighted by Gasteiger charge is 2.35. The Labute approximate surface area is 108 Å². The van der Waals surface area contributed by atoms with Crippen LogP contribution in [0.2, 0.25) is 0 Å². The van der Waals surface area contributed by atoms with Gasteiger partial charge in [-0.05, 0) is 50.4 Å². The molecule has 1 heterocycles. The van der Waals surface area contributed by atoms with E-state index in [0.29, 0.717) is 12.5 Å². The smallest absolute Gasteiger partial charge is 0.268 e. The number of rotatable bonds is 3. The minimum atomic E-state index is -0.817. The van der Waals surface area contributed by atoms with Crippen LogP contribution in [0.25, 0.3) is 0 Å². The van der Waals surface area contributed by atoms with Crippen LogP contribution < -0.4 is 15.8 Å². The number of nitrogens with two attached hydrogens (primary N) is 1. The van der Waals surface area contributed by atoms with E-state index < -0.39 is 5.60 Å². The van der Waals surface area contributed by atoms with Crippen LogP contribution in [0.4, 0.5) is 5.69 Å². The maximum Gasteiger partial charge on any atom is 0.268 e. The number of carbonyl (C=O) groups is 1. The Morgan fingerprint density at radius 1 is 1.44 bits per heavy atom. The molecule has 1 aliphatic rings. The lowest BCUT2D eigenvalue weighted by molar-refractivity contribution is -0.129. The Bertz CT molecular complexity index is 469. The first-order valence-corrected chi connectivity index (χ1v) is 6.28. The maximum absolute atomic E-state index is 11.7. The van der Waals surface area contributed by atoms with Gasteiger partial charge < -0.3 is 15.8 Å². The van der Waals surface area contributed by atoms with Gasteiger partial charge in [-0.15, -0.1) is 0 Å². The number of anilines is 1. The van der Waals surface area contributed by atoms with E-state index in [0.717, 1.165) is 17.9 Å². The molecule has 98 valence electrons. The third kappa shape index (κ3) is 2.34. The van der Waals surface area contributed by atoms with Gasteiger partial charge in [0.2, 0.25) is 0 Å². The number of carbonyl (C=O) groups excluding carboxylic acids is 1. The van der Waals surface area contributed by atoms with E-state index in [1.807, 2.05) is 18.2 Å². The van der Waals surface area contributed by atoms with Gasteiger partial charge >= 0.3 is 0 Å². The van der Waals surface area contributed by atoms with Crippen molar-refractivity contribution in [3.63, 3.8) is 0 Å². The zero-order chi connectivity index (χ0) is 13.3. The van der Waals surface area contributed by atoms with E-state index in [1.165, 1.54) is 5.56 Å². The minimum absolute atomic E-state index is 0.113. The molecule has 0 saturated heterocycles. The summed E-state index contributed by atoms with van der Waals surface area (Å²) in [5, 5.41) is 2.86. The molecule has 0 fully saturated rings. The fourth-order valence-corrected chi connectivity index (χ4v) is 2.04. The lowest BCUT2D eigenvalue weighted by atomic mass is 9.96. The summed E-state index contributed by atoms with van der Waals surface area (Å²) < 4.78 is 5.76. The molecule has 1 unspecified atom stereocenters. The minimum Gasteiger partial charge on any atom is -0.476 e. The Morgan fingerprint density at radius 3 is 2.83 bits per heavy atom. The third-order valence-corrected chi connectivity index (χ3v) is 3.33. The van der Waals surface area contributed by atoms with Crippen molar-refractivity contribution in [3.8, 4) is 5.75 Å². The van der Waals surface area contributed by atoms with Gasteiger partial charge in [-0.2, -0.15) is 0 Å². The Morgan fingerprint density at radius 2 is 2.17 bits per heavy atom. The van der Waals surface area contributed by atoms with Crippen LogP contribution >= 0.6 is 0 Å². The molecule has 0 saturated carbocycles. The third-order valence-electron chi connectivity index (χ3n) is 3.33. The maximum atomic E-state index is 11.7. The van der Waals surface area contributed by atoms with Crippen molar-refractivity contribution in [2.75, 3.05) is 11.9 Å². The van der Waals surface area contributed by atoms with Gasteiger partial charge in [0.05, 0.1) is 5.69 Å². The molecule has 1 aromatic rings. The number of nitrogens with one attached hydrogen (secondary N) is 1. The second-order valence-electron chi connectivity index (χ2n) is 5.30. The van der Waals surface area contributed by atoms with Crippen LogP contribution in [-0.2, 0) is 4.79 Å². The molecule has 1 amide bonds. The second-order valence-corrected chi connectivity index (χ2v) is 5.30. The quantitative estimate of drug-likeness (QED) is 0.862. The normalized spacial score (nSPS) is 18.6. The lowest BCUT2D eigenvalue weighted by Crippen LogP contribution is -2.45. The van der Waals surface area contributed by atoms with Crippen molar-refractivity contribution in [2.45, 2.75) is 38.7 Å². The summed E-state index contributed by atoms with van der Waals surface area (Å²) in [6.45, 7) is 6.34. The van der Waals surface area contributed by atoms with Crippen molar-refractivity contribution in [3.05, 3.63) is 23.8 Å². The Balaban J connectivity index is 2.30. The number of hydrogen-bond acceptors (Lipinski definition) is 3. The van der Waals surface area contributed by atoms with Crippen molar-refractivity contribution in [1.82, 2.24) is 0 Å². The highest BCUT2D eigenvalue weighted by atomic mass is 16.5. The largest absolute Gasteiger partial charge is 0.476 e. The molecule has 1 atom stereocenters. The molecule has 0 aromatic heterocycles. The molecule has 3 N–H and O–H groups in total. The summed E-state index contributed by atoms with van der Waals surface area (Å²) in [5.74, 6) is 1.02. The molecule has 0 bridgehead atoms. The number of hydrogen-bond donors (Lipinski definition) is 2. The summed E-state index contributed by atoms with van der Waals surface area (Å²) in [6, 6.07) is 5.91. The molecule has 4 nitrogen and oxygen atoms in total. The average molecular weight is 248 g/mol. The van der Waals surface area contributed by atoms with Gasteiger partial charge in [-0.3, -0.25) is 4.79 Å². The van der Waals surface area contributed by atoms with Gasteiger partial charge in [0.25, 0.3) is 5.91 Å². The molecular weight excluding hydrogens is 228 g/mol. The van der Waals surface area contributed by atoms with Gasteiger partial charge in [0.1, 0.15) is 5.75 Å². The van der Waals surface area contributed by atoms with Gasteiger partial charge in [0, 0.05) is 0 Å². The predicted octanol–water partition coefficient (Wildman–Crippen LogP) is 2.25. The lowest BCUT2D eigenvalue weighted by Gasteiger charge is -2.32. The number of benzene rings is 1. The zero-order valence-electron chi connectivity index (χ0n) is 11.1. The summed E-state index contributed by atoms with van der Waals surface area (Å²) in [7, 11) is 0. The molecule has 18 heavy (non-hydrogen) atoms. The standard InChI is InChI=1S/C14H20N2O2/c1-9(6-7-15)10-4-5-11-12(8-10)18-14(2,3)13(17)16-11/h4-5,8-9H,6-7,15H2,1-3H3,(H,16,17).